The van der Waals surface area contributed by atoms with Crippen molar-refractivity contribution in [2.45, 2.75) is 68.5 Å². The van der Waals surface area contributed by atoms with Crippen molar-refractivity contribution in [1.82, 2.24) is 20.0 Å². The van der Waals surface area contributed by atoms with E-state index in [1.807, 2.05) is 21.2 Å². The minimum Gasteiger partial charge on any atom is -0.388 e. The van der Waals surface area contributed by atoms with Crippen LogP contribution in [-0.2, 0) is 32.2 Å². The molecule has 4 fully saturated rings. The number of aliphatic hydroxyl groups is 2. The molecule has 4 aliphatic rings. The molecule has 0 aliphatic carbocycles. The van der Waals surface area contributed by atoms with Crippen molar-refractivity contribution in [1.29, 1.82) is 0 Å². The van der Waals surface area contributed by atoms with Gasteiger partial charge in [0, 0.05) is 51.9 Å². The number of carbonyl (C=O) groups is 2. The van der Waals surface area contributed by atoms with Crippen LogP contribution in [0.4, 0.5) is 8.78 Å². The Labute approximate surface area is 246 Å². The van der Waals surface area contributed by atoms with Gasteiger partial charge in [0.2, 0.25) is 11.8 Å². The lowest BCUT2D eigenvalue weighted by atomic mass is 10.0. The number of hydrogen-bond donors (Lipinski definition) is 3. The number of halogens is 2. The number of amides is 2. The number of hydrogen-bond acceptors (Lipinski definition) is 9. The average molecular weight is 607 g/mol. The van der Waals surface area contributed by atoms with E-state index in [0.29, 0.717) is 51.3 Å². The first kappa shape index (κ1) is 29.5. The molecule has 13 heteroatoms. The Kier molecular flexibility index (Phi) is 8.87. The van der Waals surface area contributed by atoms with Gasteiger partial charge in [-0.15, -0.1) is 0 Å². The molecule has 4 aliphatic heterocycles. The Balaban J connectivity index is 1.26. The molecule has 2 amide bonds. The van der Waals surface area contributed by atoms with Crippen LogP contribution >= 0.6 is 11.3 Å². The van der Waals surface area contributed by atoms with Crippen LogP contribution in [0.1, 0.15) is 24.0 Å². The molecule has 0 saturated carbocycles. The number of ether oxygens (including phenoxy) is 2. The first-order valence-corrected chi connectivity index (χ1v) is 15.3. The van der Waals surface area contributed by atoms with E-state index in [2.05, 4.69) is 15.6 Å². The molecule has 2 aromatic rings. The van der Waals surface area contributed by atoms with Gasteiger partial charge < -0.3 is 29.9 Å². The summed E-state index contributed by atoms with van der Waals surface area (Å²) in [6.45, 7) is 2.87. The van der Waals surface area contributed by atoms with Crippen molar-refractivity contribution in [3.63, 3.8) is 0 Å². The van der Waals surface area contributed by atoms with Gasteiger partial charge in [0.1, 0.15) is 12.2 Å². The Bertz CT molecular complexity index is 1270. The van der Waals surface area contributed by atoms with E-state index in [-0.39, 0.29) is 43.5 Å². The zero-order valence-electron chi connectivity index (χ0n) is 23.1. The molecule has 228 valence electrons. The summed E-state index contributed by atoms with van der Waals surface area (Å²) in [5.41, 5.74) is 1.61. The third kappa shape index (κ3) is 6.52. The Morgan fingerprint density at radius 3 is 2.60 bits per heavy atom. The molecule has 6 bridgehead atoms. The number of nitrogens with zero attached hydrogens (tertiary/aromatic N) is 3. The third-order valence-corrected chi connectivity index (χ3v) is 9.34. The maximum Gasteiger partial charge on any atom is 0.240 e. The van der Waals surface area contributed by atoms with Crippen molar-refractivity contribution in [3.05, 3.63) is 57.8 Å². The third-order valence-electron chi connectivity index (χ3n) is 8.61. The van der Waals surface area contributed by atoms with Crippen LogP contribution in [0.3, 0.4) is 0 Å². The molecule has 7 atom stereocenters. The lowest BCUT2D eigenvalue weighted by Crippen LogP contribution is -2.54. The molecular weight excluding hydrogens is 570 g/mol. The molecule has 1 aromatic carbocycles. The fourth-order valence-electron chi connectivity index (χ4n) is 6.55. The number of aliphatic hydroxyl groups excluding tert-OH is 2. The van der Waals surface area contributed by atoms with E-state index in [0.717, 1.165) is 17.7 Å². The number of thiophene rings is 1. The van der Waals surface area contributed by atoms with Crippen LogP contribution in [0, 0.1) is 11.6 Å². The molecule has 10 nitrogen and oxygen atoms in total. The lowest BCUT2D eigenvalue weighted by Gasteiger charge is -2.38. The van der Waals surface area contributed by atoms with Crippen molar-refractivity contribution >= 4 is 23.2 Å². The average Bonchev–Trinajstić information content (AvgIpc) is 3.68. The predicted octanol–water partition coefficient (Wildman–Crippen LogP) is 0.708. The normalized spacial score (nSPS) is 33.2. The summed E-state index contributed by atoms with van der Waals surface area (Å²) in [6, 6.07) is 5.04. The van der Waals surface area contributed by atoms with E-state index in [4.69, 9.17) is 9.47 Å². The van der Waals surface area contributed by atoms with Crippen molar-refractivity contribution in [2.75, 3.05) is 39.3 Å². The zero-order chi connectivity index (χ0) is 29.4. The van der Waals surface area contributed by atoms with E-state index in [1.165, 1.54) is 6.07 Å². The van der Waals surface area contributed by atoms with E-state index in [1.54, 1.807) is 11.3 Å². The highest BCUT2D eigenvalue weighted by atomic mass is 32.1. The van der Waals surface area contributed by atoms with Crippen LogP contribution in [0.15, 0.2) is 35.0 Å². The molecule has 4 saturated heterocycles. The van der Waals surface area contributed by atoms with E-state index in [9.17, 15) is 28.6 Å². The molecule has 0 unspecified atom stereocenters. The second-order valence-corrected chi connectivity index (χ2v) is 12.5. The first-order valence-electron chi connectivity index (χ1n) is 14.4. The van der Waals surface area contributed by atoms with Crippen LogP contribution in [0.25, 0.3) is 0 Å². The SMILES string of the molecule is O=C1C[C@@H]2O[C@H](CN(Cc3ccc(F)c(F)c3)C[C@@H]3CN(CCO3)C(=O)[C@@H]3C[C@@H](CN3Cc3ccsc3)N1)[C@@H](O)[C@H]2O. The van der Waals surface area contributed by atoms with Gasteiger partial charge >= 0.3 is 0 Å². The molecule has 3 N–H and O–H groups in total. The summed E-state index contributed by atoms with van der Waals surface area (Å²) < 4.78 is 39.7. The summed E-state index contributed by atoms with van der Waals surface area (Å²) in [6.07, 6.45) is -4.31. The van der Waals surface area contributed by atoms with Crippen LogP contribution in [0.2, 0.25) is 0 Å². The number of benzene rings is 1. The smallest absolute Gasteiger partial charge is 0.240 e. The first-order chi connectivity index (χ1) is 20.2. The fraction of sp³-hybridized carbons (Fsp3) is 0.586. The molecule has 5 heterocycles. The summed E-state index contributed by atoms with van der Waals surface area (Å²) in [7, 11) is 0. The van der Waals surface area contributed by atoms with Gasteiger partial charge in [-0.05, 0) is 46.5 Å². The number of morpholine rings is 1. The van der Waals surface area contributed by atoms with Gasteiger partial charge in [-0.1, -0.05) is 6.07 Å². The maximum absolute atomic E-state index is 14.0. The van der Waals surface area contributed by atoms with Gasteiger partial charge in [0.05, 0.1) is 37.4 Å². The summed E-state index contributed by atoms with van der Waals surface area (Å²) in [5.74, 6) is -2.24. The van der Waals surface area contributed by atoms with E-state index < -0.39 is 42.1 Å². The highest BCUT2D eigenvalue weighted by molar-refractivity contribution is 7.07. The molecular formula is C29H36F2N4O6S. The minimum atomic E-state index is -1.27. The molecule has 42 heavy (non-hydrogen) atoms. The highest BCUT2D eigenvalue weighted by Gasteiger charge is 2.46. The van der Waals surface area contributed by atoms with E-state index >= 15 is 0 Å². The van der Waals surface area contributed by atoms with Crippen molar-refractivity contribution in [2.24, 2.45) is 0 Å². The monoisotopic (exact) mass is 606 g/mol. The molecule has 0 radical (unpaired) electrons. The summed E-state index contributed by atoms with van der Waals surface area (Å²) in [4.78, 5) is 32.8. The largest absolute Gasteiger partial charge is 0.388 e. The Morgan fingerprint density at radius 2 is 1.81 bits per heavy atom. The zero-order valence-corrected chi connectivity index (χ0v) is 23.9. The van der Waals surface area contributed by atoms with Crippen LogP contribution < -0.4 is 5.32 Å². The predicted molar refractivity (Wildman–Crippen MR) is 148 cm³/mol. The maximum atomic E-state index is 14.0. The van der Waals surface area contributed by atoms with Gasteiger partial charge in [-0.25, -0.2) is 8.78 Å². The van der Waals surface area contributed by atoms with Gasteiger partial charge in [0.25, 0.3) is 0 Å². The van der Waals surface area contributed by atoms with Crippen molar-refractivity contribution < 1.29 is 38.1 Å². The summed E-state index contributed by atoms with van der Waals surface area (Å²) in [5, 5.41) is 28.7. The fourth-order valence-corrected chi connectivity index (χ4v) is 7.21. The molecule has 6 rings (SSSR count). The van der Waals surface area contributed by atoms with Gasteiger partial charge in [-0.2, -0.15) is 11.3 Å². The number of nitrogens with one attached hydrogen (secondary N) is 1. The quantitative estimate of drug-likeness (QED) is 0.467. The van der Waals surface area contributed by atoms with Crippen LogP contribution in [0.5, 0.6) is 0 Å². The topological polar surface area (TPSA) is 115 Å². The number of rotatable bonds is 4. The number of likely N-dealkylation sites (tertiary alicyclic amines) is 1. The number of carbonyl (C=O) groups excluding carboxylic acids is 2. The second kappa shape index (κ2) is 12.6. The Hall–Kier alpha value is -2.52. The Morgan fingerprint density at radius 1 is 0.976 bits per heavy atom. The standard InChI is InChI=1S/C29H36F2N4O6S/c30-21-2-1-17(7-22(21)31)10-33-13-20-14-34(4-5-40-20)29(39)23-8-19(12-35(23)11-18-3-6-42-16-18)32-26(36)9-24-27(37)28(38)25(15-33)41-24/h1-3,6-7,16,19-20,23-25,27-28,37-38H,4-5,8-15H2,(H,32,36)/t19-,20+,23-,24-,25+,27-,28+/m0/s1. The molecule has 1 aromatic heterocycles. The van der Waals surface area contributed by atoms with Gasteiger partial charge in [-0.3, -0.25) is 19.4 Å². The highest BCUT2D eigenvalue weighted by Crippen LogP contribution is 2.28. The summed E-state index contributed by atoms with van der Waals surface area (Å²) >= 11 is 1.59. The second-order valence-electron chi connectivity index (χ2n) is 11.7. The minimum absolute atomic E-state index is 0.0104. The molecule has 0 spiro atoms. The van der Waals surface area contributed by atoms with Gasteiger partial charge in [0.15, 0.2) is 11.6 Å². The van der Waals surface area contributed by atoms with Crippen LogP contribution in [-0.4, -0.2) is 119 Å². The lowest BCUT2D eigenvalue weighted by molar-refractivity contribution is -0.145. The number of fused-ring (bicyclic) bond motifs is 6. The van der Waals surface area contributed by atoms with Crippen molar-refractivity contribution in [3.8, 4) is 0 Å².